The number of nitrogens with two attached hydrogens (primary N) is 1. The van der Waals surface area contributed by atoms with Gasteiger partial charge in [0, 0.05) is 25.2 Å². The van der Waals surface area contributed by atoms with Gasteiger partial charge in [-0.3, -0.25) is 4.99 Å². The van der Waals surface area contributed by atoms with Crippen molar-refractivity contribution in [2.24, 2.45) is 10.7 Å². The number of ether oxygens (including phenoxy) is 1. The largest absolute Gasteiger partial charge is 0.382 e. The Bertz CT molecular complexity index is 453. The topological polar surface area (TPSA) is 59.6 Å². The number of aliphatic imine (C=N–C) groups is 1. The second-order valence-electron chi connectivity index (χ2n) is 6.03. The molecule has 0 bridgehead atoms. The Hall–Kier alpha value is -1.55. The number of hydrogen-bond acceptors (Lipinski definition) is 2. The van der Waals surface area contributed by atoms with Crippen LogP contribution in [0.3, 0.4) is 0 Å². The predicted molar refractivity (Wildman–Crippen MR) is 92.2 cm³/mol. The number of guanidine groups is 1. The van der Waals surface area contributed by atoms with Gasteiger partial charge < -0.3 is 15.8 Å². The van der Waals surface area contributed by atoms with E-state index >= 15 is 0 Å². The first-order valence-electron chi connectivity index (χ1n) is 8.44. The third-order valence-corrected chi connectivity index (χ3v) is 4.47. The monoisotopic (exact) mass is 303 g/mol. The Labute approximate surface area is 134 Å². The Morgan fingerprint density at radius 1 is 1.27 bits per heavy atom. The van der Waals surface area contributed by atoms with Crippen LogP contribution in [0.25, 0.3) is 0 Å². The number of nitrogens with zero attached hydrogens (tertiary/aromatic N) is 1. The maximum Gasteiger partial charge on any atom is 0.188 e. The summed E-state index contributed by atoms with van der Waals surface area (Å²) in [5, 5.41) is 3.18. The summed E-state index contributed by atoms with van der Waals surface area (Å²) < 4.78 is 5.31. The zero-order valence-corrected chi connectivity index (χ0v) is 13.7. The highest BCUT2D eigenvalue weighted by molar-refractivity contribution is 5.77. The van der Waals surface area contributed by atoms with E-state index < -0.39 is 0 Å². The van der Waals surface area contributed by atoms with Gasteiger partial charge in [-0.2, -0.15) is 0 Å². The molecule has 3 N–H and O–H groups in total. The van der Waals surface area contributed by atoms with Gasteiger partial charge in [-0.1, -0.05) is 43.2 Å². The molecule has 0 saturated heterocycles. The van der Waals surface area contributed by atoms with Crippen molar-refractivity contribution in [1.82, 2.24) is 5.32 Å². The van der Waals surface area contributed by atoms with E-state index in [1.54, 1.807) is 0 Å². The van der Waals surface area contributed by atoms with Crippen LogP contribution in [0.2, 0.25) is 0 Å². The second kappa shape index (κ2) is 8.79. The van der Waals surface area contributed by atoms with Crippen LogP contribution < -0.4 is 11.1 Å². The molecule has 1 aromatic carbocycles. The van der Waals surface area contributed by atoms with Crippen LogP contribution in [0, 0.1) is 0 Å². The fraction of sp³-hybridized carbons (Fsp3) is 0.611. The maximum atomic E-state index is 6.00. The van der Waals surface area contributed by atoms with Crippen molar-refractivity contribution in [1.29, 1.82) is 0 Å². The smallest absolute Gasteiger partial charge is 0.188 e. The van der Waals surface area contributed by atoms with Gasteiger partial charge in [0.1, 0.15) is 0 Å². The lowest BCUT2D eigenvalue weighted by atomic mass is 9.79. The second-order valence-corrected chi connectivity index (χ2v) is 6.03. The SMILES string of the molecule is CCOCCCNC(N)=NCC1(c2ccccc2)CCCC1. The summed E-state index contributed by atoms with van der Waals surface area (Å²) in [7, 11) is 0. The fourth-order valence-corrected chi connectivity index (χ4v) is 3.21. The normalized spacial score (nSPS) is 17.6. The van der Waals surface area contributed by atoms with E-state index in [2.05, 4.69) is 40.6 Å². The molecule has 1 aromatic rings. The molecule has 22 heavy (non-hydrogen) atoms. The third kappa shape index (κ3) is 4.73. The maximum absolute atomic E-state index is 6.00. The lowest BCUT2D eigenvalue weighted by Crippen LogP contribution is -2.35. The van der Waals surface area contributed by atoms with Gasteiger partial charge in [-0.05, 0) is 31.7 Å². The Morgan fingerprint density at radius 3 is 2.68 bits per heavy atom. The highest BCUT2D eigenvalue weighted by atomic mass is 16.5. The Kier molecular flexibility index (Phi) is 6.72. The highest BCUT2D eigenvalue weighted by Gasteiger charge is 2.35. The lowest BCUT2D eigenvalue weighted by molar-refractivity contribution is 0.145. The van der Waals surface area contributed by atoms with Crippen LogP contribution in [0.15, 0.2) is 35.3 Å². The molecule has 0 atom stereocenters. The summed E-state index contributed by atoms with van der Waals surface area (Å²) in [6, 6.07) is 10.8. The van der Waals surface area contributed by atoms with Crippen molar-refractivity contribution >= 4 is 5.96 Å². The van der Waals surface area contributed by atoms with E-state index in [4.69, 9.17) is 10.5 Å². The molecule has 4 heteroatoms. The number of rotatable bonds is 8. The first-order chi connectivity index (χ1) is 10.8. The number of benzene rings is 1. The third-order valence-electron chi connectivity index (χ3n) is 4.47. The molecule has 122 valence electrons. The molecule has 0 aromatic heterocycles. The van der Waals surface area contributed by atoms with Gasteiger partial charge in [-0.25, -0.2) is 0 Å². The standard InChI is InChI=1S/C18H29N3O/c1-2-22-14-8-13-20-17(19)21-15-18(11-6-7-12-18)16-9-4-3-5-10-16/h3-5,9-10H,2,6-8,11-15H2,1H3,(H3,19,20,21). The number of nitrogens with one attached hydrogen (secondary N) is 1. The van der Waals surface area contributed by atoms with E-state index in [0.717, 1.165) is 32.7 Å². The molecule has 4 nitrogen and oxygen atoms in total. The van der Waals surface area contributed by atoms with E-state index in [1.807, 2.05) is 6.92 Å². The minimum Gasteiger partial charge on any atom is -0.382 e. The zero-order valence-electron chi connectivity index (χ0n) is 13.7. The first kappa shape index (κ1) is 16.8. The molecule has 0 unspecified atom stereocenters. The molecular weight excluding hydrogens is 274 g/mol. The van der Waals surface area contributed by atoms with Gasteiger partial charge in [0.15, 0.2) is 5.96 Å². The first-order valence-corrected chi connectivity index (χ1v) is 8.44. The predicted octanol–water partition coefficient (Wildman–Crippen LogP) is 2.83. The van der Waals surface area contributed by atoms with E-state index in [-0.39, 0.29) is 5.41 Å². The minimum absolute atomic E-state index is 0.179. The molecule has 0 heterocycles. The highest BCUT2D eigenvalue weighted by Crippen LogP contribution is 2.41. The molecule has 0 aliphatic heterocycles. The van der Waals surface area contributed by atoms with E-state index in [9.17, 15) is 0 Å². The molecular formula is C18H29N3O. The average molecular weight is 303 g/mol. The van der Waals surface area contributed by atoms with Crippen molar-refractivity contribution in [3.63, 3.8) is 0 Å². The Balaban J connectivity index is 1.88. The molecule has 0 spiro atoms. The molecule has 0 amide bonds. The quantitative estimate of drug-likeness (QED) is 0.441. The van der Waals surface area contributed by atoms with Gasteiger partial charge in [0.2, 0.25) is 0 Å². The van der Waals surface area contributed by atoms with Crippen LogP contribution >= 0.6 is 0 Å². The van der Waals surface area contributed by atoms with Crippen molar-refractivity contribution in [3.05, 3.63) is 35.9 Å². The van der Waals surface area contributed by atoms with Crippen molar-refractivity contribution in [2.75, 3.05) is 26.3 Å². The molecule has 1 saturated carbocycles. The average Bonchev–Trinajstić information content (AvgIpc) is 3.04. The molecule has 1 aliphatic carbocycles. The lowest BCUT2D eigenvalue weighted by Gasteiger charge is -2.28. The van der Waals surface area contributed by atoms with Gasteiger partial charge >= 0.3 is 0 Å². The van der Waals surface area contributed by atoms with E-state index in [0.29, 0.717) is 5.96 Å². The summed E-state index contributed by atoms with van der Waals surface area (Å²) in [5.74, 6) is 0.554. The van der Waals surface area contributed by atoms with Gasteiger partial charge in [0.05, 0.1) is 6.54 Å². The van der Waals surface area contributed by atoms with Crippen molar-refractivity contribution < 1.29 is 4.74 Å². The summed E-state index contributed by atoms with van der Waals surface area (Å²) in [4.78, 5) is 4.62. The van der Waals surface area contributed by atoms with Gasteiger partial charge in [0.25, 0.3) is 0 Å². The fourth-order valence-electron chi connectivity index (χ4n) is 3.21. The van der Waals surface area contributed by atoms with Crippen LogP contribution in [-0.2, 0) is 10.2 Å². The molecule has 2 rings (SSSR count). The molecule has 1 aliphatic rings. The minimum atomic E-state index is 0.179. The zero-order chi connectivity index (χ0) is 15.7. The molecule has 1 fully saturated rings. The van der Waals surface area contributed by atoms with Gasteiger partial charge in [-0.15, -0.1) is 0 Å². The van der Waals surface area contributed by atoms with Crippen LogP contribution in [-0.4, -0.2) is 32.3 Å². The summed E-state index contributed by atoms with van der Waals surface area (Å²) in [6.07, 6.45) is 5.93. The summed E-state index contributed by atoms with van der Waals surface area (Å²) >= 11 is 0. The van der Waals surface area contributed by atoms with Crippen LogP contribution in [0.4, 0.5) is 0 Å². The van der Waals surface area contributed by atoms with Crippen LogP contribution in [0.1, 0.15) is 44.6 Å². The Morgan fingerprint density at radius 2 is 2.00 bits per heavy atom. The van der Waals surface area contributed by atoms with Crippen molar-refractivity contribution in [3.8, 4) is 0 Å². The van der Waals surface area contributed by atoms with Crippen molar-refractivity contribution in [2.45, 2.75) is 44.4 Å². The summed E-state index contributed by atoms with van der Waals surface area (Å²) in [5.41, 5.74) is 7.58. The van der Waals surface area contributed by atoms with E-state index in [1.165, 1.54) is 31.2 Å². The number of hydrogen-bond donors (Lipinski definition) is 2. The molecule has 0 radical (unpaired) electrons. The summed E-state index contributed by atoms with van der Waals surface area (Å²) in [6.45, 7) is 5.14. The van der Waals surface area contributed by atoms with Crippen LogP contribution in [0.5, 0.6) is 0 Å².